The van der Waals surface area contributed by atoms with E-state index in [2.05, 4.69) is 57.9 Å². The number of benzene rings is 1. The van der Waals surface area contributed by atoms with E-state index >= 15 is 0 Å². The second-order valence-corrected chi connectivity index (χ2v) is 8.87. The van der Waals surface area contributed by atoms with Crippen LogP contribution in [0, 0.1) is 0 Å². The fourth-order valence-corrected chi connectivity index (χ4v) is 3.66. The number of anilines is 1. The van der Waals surface area contributed by atoms with Gasteiger partial charge in [0.05, 0.1) is 6.54 Å². The largest absolute Gasteiger partial charge is 0.370 e. The quantitative estimate of drug-likeness (QED) is 0.379. The Labute approximate surface area is 186 Å². The highest BCUT2D eigenvalue weighted by atomic mass is 127. The fraction of sp³-hybridized carbons (Fsp3) is 0.500. The van der Waals surface area contributed by atoms with Crippen LogP contribution in [0.5, 0.6) is 0 Å². The molecule has 3 rings (SSSR count). The normalized spacial score (nSPS) is 15.6. The molecule has 6 nitrogen and oxygen atoms in total. The van der Waals surface area contributed by atoms with Gasteiger partial charge in [-0.15, -0.1) is 34.2 Å². The van der Waals surface area contributed by atoms with Gasteiger partial charge in [0.15, 0.2) is 5.96 Å². The molecule has 1 aliphatic heterocycles. The van der Waals surface area contributed by atoms with E-state index in [1.807, 2.05) is 12.1 Å². The molecule has 1 aromatic heterocycles. The lowest BCUT2D eigenvalue weighted by Gasteiger charge is -2.36. The molecule has 0 radical (unpaired) electrons. The number of aliphatic imine (C=N–C) groups is 1. The molecule has 9 heteroatoms. The van der Waals surface area contributed by atoms with Crippen LogP contribution in [0.25, 0.3) is 0 Å². The van der Waals surface area contributed by atoms with Crippen molar-refractivity contribution in [2.75, 3.05) is 31.1 Å². The maximum absolute atomic E-state index is 6.19. The van der Waals surface area contributed by atoms with Crippen molar-refractivity contribution in [1.29, 1.82) is 0 Å². The average Bonchev–Trinajstić information content (AvgIpc) is 3.10. The molecule has 2 N–H and O–H groups in total. The molecule has 27 heavy (non-hydrogen) atoms. The lowest BCUT2D eigenvalue weighted by molar-refractivity contribution is 0.380. The Bertz CT molecular complexity index is 763. The molecule has 0 unspecified atom stereocenters. The molecule has 0 saturated carbocycles. The second kappa shape index (κ2) is 9.38. The summed E-state index contributed by atoms with van der Waals surface area (Å²) in [5.74, 6) is 0.577. The molecule has 0 bridgehead atoms. The first-order valence-electron chi connectivity index (χ1n) is 8.71. The number of halogens is 2. The van der Waals surface area contributed by atoms with Gasteiger partial charge < -0.3 is 15.5 Å². The summed E-state index contributed by atoms with van der Waals surface area (Å²) in [7, 11) is 0. The number of hydrogen-bond acceptors (Lipinski definition) is 5. The Morgan fingerprint density at radius 1 is 1.15 bits per heavy atom. The lowest BCUT2D eigenvalue weighted by atomic mass is 9.98. The molecular weight excluding hydrogens is 495 g/mol. The molecule has 0 spiro atoms. The van der Waals surface area contributed by atoms with Crippen LogP contribution in [-0.4, -0.2) is 47.2 Å². The van der Waals surface area contributed by atoms with Crippen LogP contribution in [0.3, 0.4) is 0 Å². The fourth-order valence-electron chi connectivity index (χ4n) is 2.71. The molecule has 2 heterocycles. The zero-order valence-electron chi connectivity index (χ0n) is 15.9. The van der Waals surface area contributed by atoms with Gasteiger partial charge in [-0.1, -0.05) is 43.7 Å². The second-order valence-electron chi connectivity index (χ2n) is 7.38. The summed E-state index contributed by atoms with van der Waals surface area (Å²) in [6, 6.07) is 7.95. The molecular formula is C18H26ClIN6S. The van der Waals surface area contributed by atoms with Crippen molar-refractivity contribution < 1.29 is 0 Å². The summed E-state index contributed by atoms with van der Waals surface area (Å²) in [5.41, 5.74) is 7.39. The minimum absolute atomic E-state index is 0. The van der Waals surface area contributed by atoms with Crippen molar-refractivity contribution in [3.8, 4) is 0 Å². The summed E-state index contributed by atoms with van der Waals surface area (Å²) < 4.78 is 0. The predicted molar refractivity (Wildman–Crippen MR) is 125 cm³/mol. The van der Waals surface area contributed by atoms with Crippen molar-refractivity contribution in [1.82, 2.24) is 15.1 Å². The molecule has 2 aromatic rings. The number of nitrogens with zero attached hydrogens (tertiary/aromatic N) is 5. The number of nitrogens with two attached hydrogens (primary N) is 1. The van der Waals surface area contributed by atoms with Crippen LogP contribution in [-0.2, 0) is 12.0 Å². The molecule has 0 aliphatic carbocycles. The number of piperazine rings is 1. The van der Waals surface area contributed by atoms with Gasteiger partial charge in [-0.05, 0) is 24.3 Å². The summed E-state index contributed by atoms with van der Waals surface area (Å²) in [6.07, 6.45) is 0. The van der Waals surface area contributed by atoms with Crippen LogP contribution in [0.15, 0.2) is 29.3 Å². The third-order valence-corrected chi connectivity index (χ3v) is 5.87. The topological polar surface area (TPSA) is 70.6 Å². The van der Waals surface area contributed by atoms with Gasteiger partial charge in [0.25, 0.3) is 0 Å². The van der Waals surface area contributed by atoms with Gasteiger partial charge in [0, 0.05) is 42.3 Å². The van der Waals surface area contributed by atoms with Crippen molar-refractivity contribution in [2.45, 2.75) is 32.7 Å². The summed E-state index contributed by atoms with van der Waals surface area (Å²) in [5, 5.41) is 11.2. The molecule has 0 atom stereocenters. The SMILES string of the molecule is CC(C)(C)c1nnc(CN=C(N)N2CCN(c3ccc(Cl)cc3)CC2)s1.I. The van der Waals surface area contributed by atoms with Crippen LogP contribution < -0.4 is 10.6 Å². The van der Waals surface area contributed by atoms with Crippen LogP contribution >= 0.6 is 46.9 Å². The third kappa shape index (κ3) is 5.92. The van der Waals surface area contributed by atoms with E-state index in [0.717, 1.165) is 41.2 Å². The van der Waals surface area contributed by atoms with E-state index in [4.69, 9.17) is 17.3 Å². The monoisotopic (exact) mass is 520 g/mol. The Morgan fingerprint density at radius 3 is 2.33 bits per heavy atom. The summed E-state index contributed by atoms with van der Waals surface area (Å²) in [6.45, 7) is 10.4. The van der Waals surface area contributed by atoms with E-state index in [1.165, 1.54) is 5.69 Å². The molecule has 1 aliphatic rings. The Kier molecular flexibility index (Phi) is 7.70. The molecule has 1 aromatic carbocycles. The minimum Gasteiger partial charge on any atom is -0.370 e. The van der Waals surface area contributed by atoms with Crippen molar-refractivity contribution in [3.63, 3.8) is 0 Å². The van der Waals surface area contributed by atoms with Gasteiger partial charge in [0.1, 0.15) is 10.0 Å². The van der Waals surface area contributed by atoms with Crippen LogP contribution in [0.1, 0.15) is 30.8 Å². The van der Waals surface area contributed by atoms with Crippen molar-refractivity contribution >= 4 is 58.6 Å². The van der Waals surface area contributed by atoms with E-state index < -0.39 is 0 Å². The predicted octanol–water partition coefficient (Wildman–Crippen LogP) is 3.74. The Morgan fingerprint density at radius 2 is 1.78 bits per heavy atom. The first-order chi connectivity index (χ1) is 12.3. The number of hydrogen-bond donors (Lipinski definition) is 1. The summed E-state index contributed by atoms with van der Waals surface area (Å²) >= 11 is 7.56. The van der Waals surface area contributed by atoms with Crippen molar-refractivity contribution in [2.24, 2.45) is 10.7 Å². The van der Waals surface area contributed by atoms with E-state index in [-0.39, 0.29) is 29.4 Å². The van der Waals surface area contributed by atoms with Gasteiger partial charge >= 0.3 is 0 Å². The van der Waals surface area contributed by atoms with E-state index in [1.54, 1.807) is 11.3 Å². The summed E-state index contributed by atoms with van der Waals surface area (Å²) in [4.78, 5) is 8.97. The highest BCUT2D eigenvalue weighted by molar-refractivity contribution is 14.0. The van der Waals surface area contributed by atoms with E-state index in [9.17, 15) is 0 Å². The molecule has 148 valence electrons. The standard InChI is InChI=1S/C18H25ClN6S.HI/c1-18(2,3)16-23-22-15(26-16)12-21-17(20)25-10-8-24(9-11-25)14-6-4-13(19)5-7-14;/h4-7H,8-12H2,1-3H3,(H2,20,21);1H. The van der Waals surface area contributed by atoms with Gasteiger partial charge in [-0.2, -0.15) is 0 Å². The first kappa shape index (κ1) is 22.2. The number of rotatable bonds is 3. The maximum atomic E-state index is 6.19. The highest BCUT2D eigenvalue weighted by Crippen LogP contribution is 2.25. The first-order valence-corrected chi connectivity index (χ1v) is 9.90. The average molecular weight is 521 g/mol. The highest BCUT2D eigenvalue weighted by Gasteiger charge is 2.20. The maximum Gasteiger partial charge on any atom is 0.191 e. The number of guanidine groups is 1. The minimum atomic E-state index is 0. The molecule has 1 fully saturated rings. The molecule has 1 saturated heterocycles. The lowest BCUT2D eigenvalue weighted by Crippen LogP contribution is -2.51. The number of aromatic nitrogens is 2. The Balaban J connectivity index is 0.00000261. The van der Waals surface area contributed by atoms with Crippen LogP contribution in [0.2, 0.25) is 5.02 Å². The third-order valence-electron chi connectivity index (χ3n) is 4.28. The van der Waals surface area contributed by atoms with Crippen molar-refractivity contribution in [3.05, 3.63) is 39.3 Å². The molecule has 0 amide bonds. The zero-order chi connectivity index (χ0) is 18.7. The van der Waals surface area contributed by atoms with Gasteiger partial charge in [-0.25, -0.2) is 4.99 Å². The zero-order valence-corrected chi connectivity index (χ0v) is 19.8. The van der Waals surface area contributed by atoms with Crippen LogP contribution in [0.4, 0.5) is 5.69 Å². The van der Waals surface area contributed by atoms with Gasteiger partial charge in [0.2, 0.25) is 0 Å². The van der Waals surface area contributed by atoms with Gasteiger partial charge in [-0.3, -0.25) is 0 Å². The smallest absolute Gasteiger partial charge is 0.191 e. The van der Waals surface area contributed by atoms with E-state index in [0.29, 0.717) is 12.5 Å². The Hall–Kier alpha value is -1.13.